The molecule has 108 valence electrons. The van der Waals surface area contributed by atoms with E-state index >= 15 is 0 Å². The molecule has 0 unspecified atom stereocenters. The van der Waals surface area contributed by atoms with Gasteiger partial charge in [-0.3, -0.25) is 0 Å². The molecule has 0 aromatic carbocycles. The Balaban J connectivity index is 2.04. The number of hydrogen-bond acceptors (Lipinski definition) is 6. The van der Waals surface area contributed by atoms with Crippen LogP contribution in [0.4, 0.5) is 5.13 Å². The summed E-state index contributed by atoms with van der Waals surface area (Å²) in [4.78, 5) is 4.11. The molecule has 1 aromatic heterocycles. The average molecular weight is 321 g/mol. The number of aromatic nitrogens is 1. The topological polar surface area (TPSA) is 85.1 Å². The van der Waals surface area contributed by atoms with E-state index in [0.717, 1.165) is 23.5 Å². The van der Waals surface area contributed by atoms with Crippen molar-refractivity contribution in [3.8, 4) is 0 Å². The van der Waals surface area contributed by atoms with Crippen molar-refractivity contribution in [1.29, 1.82) is 0 Å². The minimum absolute atomic E-state index is 0.116. The summed E-state index contributed by atoms with van der Waals surface area (Å²) in [6, 6.07) is 0.373. The summed E-state index contributed by atoms with van der Waals surface area (Å²) in [5.74, 6) is 1.10. The minimum Gasteiger partial charge on any atom is -0.358 e. The zero-order valence-electron chi connectivity index (χ0n) is 10.8. The number of hydrogen-bond donors (Lipinski definition) is 2. The molecule has 1 aliphatic carbocycles. The smallest absolute Gasteiger partial charge is 0.249 e. The van der Waals surface area contributed by atoms with Crippen LogP contribution in [0.1, 0.15) is 32.6 Å². The number of sulfonamides is 1. The lowest BCUT2D eigenvalue weighted by Crippen LogP contribution is -2.34. The zero-order valence-corrected chi connectivity index (χ0v) is 13.3. The Labute approximate surface area is 122 Å². The molecule has 3 N–H and O–H groups in total. The lowest BCUT2D eigenvalue weighted by atomic mass is 9.95. The van der Waals surface area contributed by atoms with E-state index in [1.165, 1.54) is 25.5 Å². The van der Waals surface area contributed by atoms with Gasteiger partial charge in [-0.2, -0.15) is 11.8 Å². The average Bonchev–Trinajstić information content (AvgIpc) is 2.80. The fraction of sp³-hybridized carbons (Fsp3) is 0.727. The molecule has 19 heavy (non-hydrogen) atoms. The standard InChI is InChI=1S/C11H19N3O2S3/c1-2-17-9-6-4-3-5-8(9)14-11-13-7-10(18-11)19(12,15)16/h7-9H,2-6H2,1H3,(H,13,14)(H2,12,15,16)/t8-,9-/m0/s1. The molecule has 2 rings (SSSR count). The maximum absolute atomic E-state index is 11.2. The Kier molecular flexibility index (Phi) is 5.10. The van der Waals surface area contributed by atoms with E-state index in [1.54, 1.807) is 0 Å². The van der Waals surface area contributed by atoms with Crippen molar-refractivity contribution < 1.29 is 8.42 Å². The highest BCUT2D eigenvalue weighted by Crippen LogP contribution is 2.32. The van der Waals surface area contributed by atoms with E-state index < -0.39 is 10.0 Å². The molecule has 8 heteroatoms. The molecule has 5 nitrogen and oxygen atoms in total. The van der Waals surface area contributed by atoms with Gasteiger partial charge in [-0.1, -0.05) is 31.1 Å². The van der Waals surface area contributed by atoms with E-state index in [4.69, 9.17) is 5.14 Å². The van der Waals surface area contributed by atoms with Gasteiger partial charge >= 0.3 is 0 Å². The van der Waals surface area contributed by atoms with Gasteiger partial charge in [0, 0.05) is 11.3 Å². The third-order valence-electron chi connectivity index (χ3n) is 3.16. The lowest BCUT2D eigenvalue weighted by Gasteiger charge is -2.31. The fourth-order valence-corrected chi connectivity index (χ4v) is 5.00. The highest BCUT2D eigenvalue weighted by Gasteiger charge is 2.26. The van der Waals surface area contributed by atoms with Crippen LogP contribution >= 0.6 is 23.1 Å². The van der Waals surface area contributed by atoms with Crippen molar-refractivity contribution in [2.75, 3.05) is 11.1 Å². The molecule has 1 fully saturated rings. The van der Waals surface area contributed by atoms with Crippen LogP contribution in [0.2, 0.25) is 0 Å². The first-order valence-corrected chi connectivity index (χ1v) is 9.78. The predicted octanol–water partition coefficient (Wildman–Crippen LogP) is 2.27. The van der Waals surface area contributed by atoms with Gasteiger partial charge < -0.3 is 5.32 Å². The summed E-state index contributed by atoms with van der Waals surface area (Å²) in [6.07, 6.45) is 6.14. The van der Waals surface area contributed by atoms with E-state index in [2.05, 4.69) is 17.2 Å². The highest BCUT2D eigenvalue weighted by molar-refractivity contribution is 7.99. The van der Waals surface area contributed by atoms with E-state index in [1.807, 2.05) is 11.8 Å². The van der Waals surface area contributed by atoms with Crippen LogP contribution < -0.4 is 10.5 Å². The second kappa shape index (κ2) is 6.43. The van der Waals surface area contributed by atoms with Crippen LogP contribution in [0.3, 0.4) is 0 Å². The van der Waals surface area contributed by atoms with Crippen molar-refractivity contribution in [3.05, 3.63) is 6.20 Å². The molecule has 0 saturated heterocycles. The van der Waals surface area contributed by atoms with Crippen molar-refractivity contribution in [2.24, 2.45) is 5.14 Å². The van der Waals surface area contributed by atoms with Gasteiger partial charge in [0.2, 0.25) is 10.0 Å². The largest absolute Gasteiger partial charge is 0.358 e. The zero-order chi connectivity index (χ0) is 13.9. The summed E-state index contributed by atoms with van der Waals surface area (Å²) in [5.41, 5.74) is 0. The van der Waals surface area contributed by atoms with E-state index in [0.29, 0.717) is 16.4 Å². The molecular formula is C11H19N3O2S3. The molecule has 0 spiro atoms. The number of thiazole rings is 1. The fourth-order valence-electron chi connectivity index (χ4n) is 2.29. The van der Waals surface area contributed by atoms with Crippen molar-refractivity contribution in [3.63, 3.8) is 0 Å². The van der Waals surface area contributed by atoms with Crippen LogP contribution in [0.5, 0.6) is 0 Å². The van der Waals surface area contributed by atoms with Crippen LogP contribution in [0.15, 0.2) is 10.4 Å². The Morgan fingerprint density at radius 2 is 2.26 bits per heavy atom. The van der Waals surface area contributed by atoms with Crippen LogP contribution in [0.25, 0.3) is 0 Å². The maximum Gasteiger partial charge on any atom is 0.249 e. The molecular weight excluding hydrogens is 302 g/mol. The van der Waals surface area contributed by atoms with Crippen LogP contribution in [0, 0.1) is 0 Å². The van der Waals surface area contributed by atoms with Gasteiger partial charge in [0.15, 0.2) is 9.34 Å². The first-order valence-electron chi connectivity index (χ1n) is 6.37. The second-order valence-electron chi connectivity index (χ2n) is 4.56. The SMILES string of the molecule is CCS[C@H]1CCCC[C@@H]1Nc1ncc(S(N)(=O)=O)s1. The highest BCUT2D eigenvalue weighted by atomic mass is 32.2. The first kappa shape index (κ1) is 15.1. The monoisotopic (exact) mass is 321 g/mol. The van der Waals surface area contributed by atoms with Gasteiger partial charge in [0.25, 0.3) is 0 Å². The van der Waals surface area contributed by atoms with Crippen molar-refractivity contribution in [2.45, 2.75) is 48.1 Å². The van der Waals surface area contributed by atoms with Crippen molar-refractivity contribution in [1.82, 2.24) is 4.98 Å². The molecule has 0 bridgehead atoms. The van der Waals surface area contributed by atoms with Gasteiger partial charge in [-0.25, -0.2) is 18.5 Å². The van der Waals surface area contributed by atoms with Gasteiger partial charge in [-0.05, 0) is 18.6 Å². The molecule has 1 saturated carbocycles. The lowest BCUT2D eigenvalue weighted by molar-refractivity contribution is 0.474. The summed E-state index contributed by atoms with van der Waals surface area (Å²) in [7, 11) is -3.64. The number of nitrogens with two attached hydrogens (primary N) is 1. The number of nitrogens with zero attached hydrogens (tertiary/aromatic N) is 1. The number of thioether (sulfide) groups is 1. The molecule has 2 atom stereocenters. The number of rotatable bonds is 5. The Morgan fingerprint density at radius 1 is 1.53 bits per heavy atom. The molecule has 0 radical (unpaired) electrons. The quantitative estimate of drug-likeness (QED) is 0.869. The van der Waals surface area contributed by atoms with Gasteiger partial charge in [0.1, 0.15) is 0 Å². The molecule has 1 heterocycles. The summed E-state index contributed by atoms with van der Waals surface area (Å²) < 4.78 is 22.6. The number of anilines is 1. The third-order valence-corrected chi connectivity index (χ3v) is 6.82. The summed E-state index contributed by atoms with van der Waals surface area (Å²) >= 11 is 3.07. The molecule has 1 aliphatic rings. The minimum atomic E-state index is -3.64. The summed E-state index contributed by atoms with van der Waals surface area (Å²) in [6.45, 7) is 2.17. The third kappa shape index (κ3) is 4.08. The van der Waals surface area contributed by atoms with Crippen LogP contribution in [-0.4, -0.2) is 30.4 Å². The second-order valence-corrected chi connectivity index (χ2v) is 8.89. The predicted molar refractivity (Wildman–Crippen MR) is 81.3 cm³/mol. The normalized spacial score (nSPS) is 24.3. The molecule has 1 aromatic rings. The number of nitrogens with one attached hydrogen (secondary N) is 1. The first-order chi connectivity index (χ1) is 9.00. The summed E-state index contributed by atoms with van der Waals surface area (Å²) in [5, 5.41) is 9.70. The number of primary sulfonamides is 1. The molecule has 0 aliphatic heterocycles. The van der Waals surface area contributed by atoms with Gasteiger partial charge in [0.05, 0.1) is 6.20 Å². The maximum atomic E-state index is 11.2. The van der Waals surface area contributed by atoms with Gasteiger partial charge in [-0.15, -0.1) is 0 Å². The Bertz CT molecular complexity index is 513. The van der Waals surface area contributed by atoms with E-state index in [9.17, 15) is 8.42 Å². The Morgan fingerprint density at radius 3 is 2.89 bits per heavy atom. The van der Waals surface area contributed by atoms with Crippen LogP contribution in [-0.2, 0) is 10.0 Å². The Hall–Kier alpha value is -0.310. The van der Waals surface area contributed by atoms with Crippen molar-refractivity contribution >= 4 is 38.3 Å². The molecule has 0 amide bonds. The van der Waals surface area contributed by atoms with E-state index in [-0.39, 0.29) is 4.21 Å².